The SMILES string of the molecule is COC(=O)c1cccc(COc2ccc(OCc3ccccc3)cc2)c1. The van der Waals surface area contributed by atoms with Gasteiger partial charge >= 0.3 is 5.97 Å². The van der Waals surface area contributed by atoms with Gasteiger partial charge < -0.3 is 14.2 Å². The van der Waals surface area contributed by atoms with Crippen LogP contribution in [0.5, 0.6) is 11.5 Å². The highest BCUT2D eigenvalue weighted by Gasteiger charge is 2.06. The number of hydrogen-bond acceptors (Lipinski definition) is 4. The molecule has 0 N–H and O–H groups in total. The summed E-state index contributed by atoms with van der Waals surface area (Å²) in [6, 6.07) is 24.7. The van der Waals surface area contributed by atoms with Crippen molar-refractivity contribution in [3.63, 3.8) is 0 Å². The van der Waals surface area contributed by atoms with E-state index < -0.39 is 0 Å². The highest BCUT2D eigenvalue weighted by atomic mass is 16.5. The second-order valence-corrected chi connectivity index (χ2v) is 5.73. The van der Waals surface area contributed by atoms with Gasteiger partial charge in [-0.05, 0) is 47.5 Å². The molecule has 3 aromatic rings. The minimum Gasteiger partial charge on any atom is -0.489 e. The normalized spacial score (nSPS) is 10.2. The Morgan fingerprint density at radius 2 is 1.31 bits per heavy atom. The van der Waals surface area contributed by atoms with Crippen LogP contribution in [0, 0.1) is 0 Å². The molecule has 0 aliphatic heterocycles. The molecule has 4 heteroatoms. The molecule has 0 spiro atoms. The van der Waals surface area contributed by atoms with Gasteiger partial charge in [0.1, 0.15) is 24.7 Å². The van der Waals surface area contributed by atoms with Gasteiger partial charge in [0.05, 0.1) is 12.7 Å². The molecule has 0 radical (unpaired) electrons. The average Bonchev–Trinajstić information content (AvgIpc) is 2.72. The molecule has 0 aliphatic carbocycles. The molecule has 0 fully saturated rings. The fraction of sp³-hybridized carbons (Fsp3) is 0.136. The molecule has 0 atom stereocenters. The summed E-state index contributed by atoms with van der Waals surface area (Å²) in [4.78, 5) is 11.6. The minimum atomic E-state index is -0.355. The maximum absolute atomic E-state index is 11.6. The highest BCUT2D eigenvalue weighted by molar-refractivity contribution is 5.89. The first kappa shape index (κ1) is 17.5. The molecule has 0 amide bonds. The van der Waals surface area contributed by atoms with Crippen molar-refractivity contribution in [1.29, 1.82) is 0 Å². The van der Waals surface area contributed by atoms with Crippen LogP contribution in [-0.2, 0) is 18.0 Å². The van der Waals surface area contributed by atoms with Crippen molar-refractivity contribution in [2.45, 2.75) is 13.2 Å². The van der Waals surface area contributed by atoms with E-state index in [0.29, 0.717) is 18.8 Å². The minimum absolute atomic E-state index is 0.355. The van der Waals surface area contributed by atoms with Gasteiger partial charge in [0, 0.05) is 0 Å². The molecule has 0 saturated carbocycles. The van der Waals surface area contributed by atoms with E-state index in [1.807, 2.05) is 66.7 Å². The van der Waals surface area contributed by atoms with Gasteiger partial charge in [-0.2, -0.15) is 0 Å². The fourth-order valence-corrected chi connectivity index (χ4v) is 2.45. The predicted octanol–water partition coefficient (Wildman–Crippen LogP) is 4.63. The van der Waals surface area contributed by atoms with E-state index in [9.17, 15) is 4.79 Å². The maximum Gasteiger partial charge on any atom is 0.337 e. The molecule has 0 bridgehead atoms. The summed E-state index contributed by atoms with van der Waals surface area (Å²) in [5.41, 5.74) is 2.54. The summed E-state index contributed by atoms with van der Waals surface area (Å²) in [5, 5.41) is 0. The maximum atomic E-state index is 11.6. The van der Waals surface area contributed by atoms with Crippen molar-refractivity contribution in [3.05, 3.63) is 95.6 Å². The predicted molar refractivity (Wildman–Crippen MR) is 99.3 cm³/mol. The Labute approximate surface area is 153 Å². The van der Waals surface area contributed by atoms with Crippen LogP contribution in [0.4, 0.5) is 0 Å². The fourth-order valence-electron chi connectivity index (χ4n) is 2.45. The lowest BCUT2D eigenvalue weighted by atomic mass is 10.1. The zero-order valence-electron chi connectivity index (χ0n) is 14.6. The van der Waals surface area contributed by atoms with Crippen molar-refractivity contribution in [2.24, 2.45) is 0 Å². The largest absolute Gasteiger partial charge is 0.489 e. The first-order valence-corrected chi connectivity index (χ1v) is 8.31. The number of carbonyl (C=O) groups excluding carboxylic acids is 1. The standard InChI is InChI=1S/C22H20O4/c1-24-22(23)19-9-5-8-18(14-19)16-26-21-12-10-20(11-13-21)25-15-17-6-3-2-4-7-17/h2-14H,15-16H2,1H3. The van der Waals surface area contributed by atoms with Crippen LogP contribution in [0.15, 0.2) is 78.9 Å². The summed E-state index contributed by atoms with van der Waals surface area (Å²) in [7, 11) is 1.37. The second kappa shape index (κ2) is 8.72. The van der Waals surface area contributed by atoms with Crippen molar-refractivity contribution in [2.75, 3.05) is 7.11 Å². The van der Waals surface area contributed by atoms with Crippen LogP contribution < -0.4 is 9.47 Å². The summed E-state index contributed by atoms with van der Waals surface area (Å²) >= 11 is 0. The number of esters is 1. The summed E-state index contributed by atoms with van der Waals surface area (Å²) < 4.78 is 16.3. The molecule has 3 aromatic carbocycles. The zero-order chi connectivity index (χ0) is 18.2. The van der Waals surface area contributed by atoms with Gasteiger partial charge in [-0.3, -0.25) is 0 Å². The van der Waals surface area contributed by atoms with E-state index in [4.69, 9.17) is 14.2 Å². The third-order valence-corrected chi connectivity index (χ3v) is 3.83. The van der Waals surface area contributed by atoms with Crippen LogP contribution in [0.3, 0.4) is 0 Å². The molecule has 0 aromatic heterocycles. The molecule has 0 unspecified atom stereocenters. The molecule has 0 heterocycles. The third-order valence-electron chi connectivity index (χ3n) is 3.83. The molecule has 0 saturated heterocycles. The molecular formula is C22H20O4. The molecule has 0 aliphatic rings. The van der Waals surface area contributed by atoms with Crippen LogP contribution in [0.25, 0.3) is 0 Å². The first-order chi connectivity index (χ1) is 12.7. The van der Waals surface area contributed by atoms with Crippen molar-refractivity contribution in [1.82, 2.24) is 0 Å². The molecule has 132 valence electrons. The number of carbonyl (C=O) groups is 1. The zero-order valence-corrected chi connectivity index (χ0v) is 14.6. The van der Waals surface area contributed by atoms with Crippen molar-refractivity contribution < 1.29 is 19.0 Å². The van der Waals surface area contributed by atoms with E-state index in [0.717, 1.165) is 22.6 Å². The van der Waals surface area contributed by atoms with Crippen LogP contribution >= 0.6 is 0 Å². The monoisotopic (exact) mass is 348 g/mol. The number of rotatable bonds is 7. The number of benzene rings is 3. The highest BCUT2D eigenvalue weighted by Crippen LogP contribution is 2.20. The quantitative estimate of drug-likeness (QED) is 0.584. The van der Waals surface area contributed by atoms with Gasteiger partial charge in [0.25, 0.3) is 0 Å². The smallest absolute Gasteiger partial charge is 0.337 e. The van der Waals surface area contributed by atoms with E-state index >= 15 is 0 Å². The van der Waals surface area contributed by atoms with Crippen LogP contribution in [0.1, 0.15) is 21.5 Å². The molecule has 4 nitrogen and oxygen atoms in total. The molecule has 3 rings (SSSR count). The Morgan fingerprint density at radius 3 is 1.92 bits per heavy atom. The van der Waals surface area contributed by atoms with Gasteiger partial charge in [-0.25, -0.2) is 4.79 Å². The first-order valence-electron chi connectivity index (χ1n) is 8.31. The van der Waals surface area contributed by atoms with E-state index in [1.165, 1.54) is 7.11 Å². The Kier molecular flexibility index (Phi) is 5.88. The summed E-state index contributed by atoms with van der Waals surface area (Å²) in [6.45, 7) is 0.899. The van der Waals surface area contributed by atoms with Crippen molar-refractivity contribution in [3.8, 4) is 11.5 Å². The average molecular weight is 348 g/mol. The van der Waals surface area contributed by atoms with Crippen LogP contribution in [-0.4, -0.2) is 13.1 Å². The van der Waals surface area contributed by atoms with E-state index in [1.54, 1.807) is 12.1 Å². The van der Waals surface area contributed by atoms with Gasteiger partial charge in [0.15, 0.2) is 0 Å². The Morgan fingerprint density at radius 1 is 0.731 bits per heavy atom. The van der Waals surface area contributed by atoms with Crippen molar-refractivity contribution >= 4 is 5.97 Å². The lowest BCUT2D eigenvalue weighted by Crippen LogP contribution is -2.03. The number of ether oxygens (including phenoxy) is 3. The van der Waals surface area contributed by atoms with E-state index in [2.05, 4.69) is 0 Å². The topological polar surface area (TPSA) is 44.8 Å². The lowest BCUT2D eigenvalue weighted by molar-refractivity contribution is 0.0600. The third kappa shape index (κ3) is 4.86. The number of methoxy groups -OCH3 is 1. The molecule has 26 heavy (non-hydrogen) atoms. The number of hydrogen-bond donors (Lipinski definition) is 0. The second-order valence-electron chi connectivity index (χ2n) is 5.73. The lowest BCUT2D eigenvalue weighted by Gasteiger charge is -2.09. The summed E-state index contributed by atoms with van der Waals surface area (Å²) in [5.74, 6) is 1.17. The van der Waals surface area contributed by atoms with Crippen LogP contribution in [0.2, 0.25) is 0 Å². The Hall–Kier alpha value is -3.27. The van der Waals surface area contributed by atoms with Gasteiger partial charge in [-0.15, -0.1) is 0 Å². The Bertz CT molecular complexity index is 842. The Balaban J connectivity index is 1.54. The summed E-state index contributed by atoms with van der Waals surface area (Å²) in [6.07, 6.45) is 0. The van der Waals surface area contributed by atoms with Gasteiger partial charge in [0.2, 0.25) is 0 Å². The van der Waals surface area contributed by atoms with E-state index in [-0.39, 0.29) is 5.97 Å². The van der Waals surface area contributed by atoms with Gasteiger partial charge in [-0.1, -0.05) is 42.5 Å². The molecular weight excluding hydrogens is 328 g/mol.